The number of benzene rings is 1. The number of nitrogens with zero attached hydrogens (tertiary/aromatic N) is 3. The van der Waals surface area contributed by atoms with Crippen LogP contribution in [0.15, 0.2) is 30.3 Å². The number of ether oxygens (including phenoxy) is 1. The Kier molecular flexibility index (Phi) is 5.10. The van der Waals surface area contributed by atoms with Crippen molar-refractivity contribution in [2.75, 3.05) is 7.11 Å². The minimum absolute atomic E-state index is 0.173. The zero-order valence-electron chi connectivity index (χ0n) is 11.2. The minimum atomic E-state index is -0.173. The Bertz CT molecular complexity index is 513. The van der Waals surface area contributed by atoms with Gasteiger partial charge in [0.05, 0.1) is 5.33 Å². The van der Waals surface area contributed by atoms with Crippen LogP contribution in [0.4, 0.5) is 0 Å². The van der Waals surface area contributed by atoms with Crippen LogP contribution in [0.1, 0.15) is 36.7 Å². The first-order valence-electron chi connectivity index (χ1n) is 6.37. The summed E-state index contributed by atoms with van der Waals surface area (Å²) in [5.74, 6) is 1.81. The van der Waals surface area contributed by atoms with Gasteiger partial charge in [-0.1, -0.05) is 53.2 Å². The molecule has 1 atom stereocenters. The summed E-state index contributed by atoms with van der Waals surface area (Å²) < 4.78 is 7.76. The molecule has 0 radical (unpaired) electrons. The number of hydrogen-bond acceptors (Lipinski definition) is 3. The summed E-state index contributed by atoms with van der Waals surface area (Å²) in [6, 6.07) is 10.1. The Morgan fingerprint density at radius 1 is 1.26 bits per heavy atom. The van der Waals surface area contributed by atoms with E-state index in [0.717, 1.165) is 30.2 Å². The molecule has 4 nitrogen and oxygen atoms in total. The molecule has 1 aromatic carbocycles. The molecule has 1 aromatic heterocycles. The lowest BCUT2D eigenvalue weighted by atomic mass is 10.1. The fourth-order valence-corrected chi connectivity index (χ4v) is 2.54. The Morgan fingerprint density at radius 2 is 2.00 bits per heavy atom. The van der Waals surface area contributed by atoms with Gasteiger partial charge >= 0.3 is 0 Å². The van der Waals surface area contributed by atoms with E-state index in [4.69, 9.17) is 4.74 Å². The molecule has 0 amide bonds. The molecule has 1 heterocycles. The smallest absolute Gasteiger partial charge is 0.166 e. The van der Waals surface area contributed by atoms with Crippen molar-refractivity contribution in [3.63, 3.8) is 0 Å². The number of hydrogen-bond donors (Lipinski definition) is 0. The van der Waals surface area contributed by atoms with E-state index in [-0.39, 0.29) is 6.10 Å². The highest BCUT2D eigenvalue weighted by Gasteiger charge is 2.21. The second-order valence-corrected chi connectivity index (χ2v) is 4.85. The van der Waals surface area contributed by atoms with Crippen molar-refractivity contribution in [2.24, 2.45) is 0 Å². The summed E-state index contributed by atoms with van der Waals surface area (Å²) in [4.78, 5) is 0. The molecule has 102 valence electrons. The predicted molar refractivity (Wildman–Crippen MR) is 78.2 cm³/mol. The van der Waals surface area contributed by atoms with Crippen molar-refractivity contribution in [3.05, 3.63) is 47.5 Å². The van der Waals surface area contributed by atoms with Crippen LogP contribution >= 0.6 is 15.9 Å². The molecule has 0 N–H and O–H groups in total. The van der Waals surface area contributed by atoms with Gasteiger partial charge in [0, 0.05) is 13.7 Å². The normalized spacial score (nSPS) is 12.6. The van der Waals surface area contributed by atoms with Crippen molar-refractivity contribution in [2.45, 2.75) is 31.3 Å². The van der Waals surface area contributed by atoms with Gasteiger partial charge in [-0.15, -0.1) is 10.2 Å². The fourth-order valence-electron chi connectivity index (χ4n) is 2.13. The van der Waals surface area contributed by atoms with Gasteiger partial charge in [-0.2, -0.15) is 0 Å². The topological polar surface area (TPSA) is 39.9 Å². The zero-order chi connectivity index (χ0) is 13.7. The summed E-state index contributed by atoms with van der Waals surface area (Å²) in [6.45, 7) is 3.04. The highest BCUT2D eigenvalue weighted by Crippen LogP contribution is 2.25. The third-order valence-corrected chi connectivity index (χ3v) is 3.50. The van der Waals surface area contributed by atoms with Gasteiger partial charge in [0.1, 0.15) is 11.9 Å². The number of halogens is 1. The molecule has 19 heavy (non-hydrogen) atoms. The molecule has 0 aliphatic carbocycles. The predicted octanol–water partition coefficient (Wildman–Crippen LogP) is 3.32. The van der Waals surface area contributed by atoms with Crippen LogP contribution in [0.25, 0.3) is 0 Å². The minimum Gasteiger partial charge on any atom is -0.369 e. The second kappa shape index (κ2) is 6.82. The Morgan fingerprint density at radius 3 is 2.58 bits per heavy atom. The molecule has 2 aromatic rings. The molecule has 1 unspecified atom stereocenters. The van der Waals surface area contributed by atoms with Crippen LogP contribution in [0.2, 0.25) is 0 Å². The number of aromatic nitrogens is 3. The molecule has 0 spiro atoms. The summed E-state index contributed by atoms with van der Waals surface area (Å²) in [7, 11) is 1.70. The summed E-state index contributed by atoms with van der Waals surface area (Å²) in [6.07, 6.45) is 0.865. The first-order chi connectivity index (χ1) is 9.31. The number of alkyl halides is 1. The quantitative estimate of drug-likeness (QED) is 0.765. The van der Waals surface area contributed by atoms with E-state index in [0.29, 0.717) is 5.33 Å². The van der Waals surface area contributed by atoms with Crippen LogP contribution in [0.5, 0.6) is 0 Å². The third-order valence-electron chi connectivity index (χ3n) is 3.00. The average molecular weight is 324 g/mol. The van der Waals surface area contributed by atoms with E-state index in [1.807, 2.05) is 30.3 Å². The zero-order valence-corrected chi connectivity index (χ0v) is 12.8. The van der Waals surface area contributed by atoms with Crippen molar-refractivity contribution in [1.29, 1.82) is 0 Å². The molecule has 0 saturated heterocycles. The van der Waals surface area contributed by atoms with Crippen LogP contribution in [0, 0.1) is 0 Å². The van der Waals surface area contributed by atoms with Gasteiger partial charge in [-0.05, 0) is 12.0 Å². The fraction of sp³-hybridized carbons (Fsp3) is 0.429. The average Bonchev–Trinajstić information content (AvgIpc) is 2.85. The van der Waals surface area contributed by atoms with E-state index in [9.17, 15) is 0 Å². The number of methoxy groups -OCH3 is 1. The standard InChI is InChI=1S/C14H18BrN3O/c1-3-9-18-12(10-15)16-17-14(18)13(19-2)11-7-5-4-6-8-11/h4-8,13H,3,9-10H2,1-2H3. The first-order valence-corrected chi connectivity index (χ1v) is 7.49. The van der Waals surface area contributed by atoms with Crippen molar-refractivity contribution < 1.29 is 4.74 Å². The van der Waals surface area contributed by atoms with Gasteiger partial charge in [0.2, 0.25) is 0 Å². The molecule has 0 aliphatic rings. The van der Waals surface area contributed by atoms with Gasteiger partial charge in [0.25, 0.3) is 0 Å². The maximum absolute atomic E-state index is 5.63. The van der Waals surface area contributed by atoms with Crippen molar-refractivity contribution >= 4 is 15.9 Å². The SMILES string of the molecule is CCCn1c(CBr)nnc1C(OC)c1ccccc1. The van der Waals surface area contributed by atoms with Crippen molar-refractivity contribution in [1.82, 2.24) is 14.8 Å². The summed E-state index contributed by atoms with van der Waals surface area (Å²) in [5, 5.41) is 9.24. The maximum atomic E-state index is 5.63. The summed E-state index contributed by atoms with van der Waals surface area (Å²) >= 11 is 3.45. The lowest BCUT2D eigenvalue weighted by Gasteiger charge is -2.17. The van der Waals surface area contributed by atoms with Gasteiger partial charge in [-0.3, -0.25) is 0 Å². The van der Waals surface area contributed by atoms with E-state index in [1.165, 1.54) is 0 Å². The third kappa shape index (κ3) is 3.04. The van der Waals surface area contributed by atoms with Gasteiger partial charge < -0.3 is 9.30 Å². The molecular weight excluding hydrogens is 306 g/mol. The molecule has 0 bridgehead atoms. The summed E-state index contributed by atoms with van der Waals surface area (Å²) in [5.41, 5.74) is 1.09. The second-order valence-electron chi connectivity index (χ2n) is 4.29. The Hall–Kier alpha value is -1.20. The largest absolute Gasteiger partial charge is 0.369 e. The first kappa shape index (κ1) is 14.2. The van der Waals surface area contributed by atoms with Gasteiger partial charge in [-0.25, -0.2) is 0 Å². The van der Waals surface area contributed by atoms with Crippen LogP contribution in [-0.4, -0.2) is 21.9 Å². The molecule has 0 aliphatic heterocycles. The number of rotatable bonds is 6. The Labute approximate surface area is 121 Å². The molecule has 5 heteroatoms. The maximum Gasteiger partial charge on any atom is 0.166 e. The lowest BCUT2D eigenvalue weighted by Crippen LogP contribution is -2.13. The lowest BCUT2D eigenvalue weighted by molar-refractivity contribution is 0.125. The monoisotopic (exact) mass is 323 g/mol. The van der Waals surface area contributed by atoms with Gasteiger partial charge in [0.15, 0.2) is 5.82 Å². The van der Waals surface area contributed by atoms with E-state index < -0.39 is 0 Å². The van der Waals surface area contributed by atoms with Crippen LogP contribution in [-0.2, 0) is 16.6 Å². The van der Waals surface area contributed by atoms with Crippen LogP contribution in [0.3, 0.4) is 0 Å². The molecule has 2 rings (SSSR count). The molecule has 0 saturated carbocycles. The van der Waals surface area contributed by atoms with Crippen molar-refractivity contribution in [3.8, 4) is 0 Å². The van der Waals surface area contributed by atoms with E-state index >= 15 is 0 Å². The molecule has 0 fully saturated rings. The van der Waals surface area contributed by atoms with E-state index in [2.05, 4.69) is 37.6 Å². The van der Waals surface area contributed by atoms with Crippen LogP contribution < -0.4 is 0 Å². The highest BCUT2D eigenvalue weighted by molar-refractivity contribution is 9.08. The Balaban J connectivity index is 2.41. The molecular formula is C14H18BrN3O. The van der Waals surface area contributed by atoms with E-state index in [1.54, 1.807) is 7.11 Å². The highest BCUT2D eigenvalue weighted by atomic mass is 79.9.